The maximum absolute atomic E-state index is 3.54. The van der Waals surface area contributed by atoms with Crippen molar-refractivity contribution < 1.29 is 0 Å². The zero-order valence-electron chi connectivity index (χ0n) is 15.9. The van der Waals surface area contributed by atoms with Gasteiger partial charge in [-0.05, 0) is 50.7 Å². The summed E-state index contributed by atoms with van der Waals surface area (Å²) in [4.78, 5) is 2.43. The second-order valence-electron chi connectivity index (χ2n) is 6.77. The lowest BCUT2D eigenvalue weighted by Gasteiger charge is -2.25. The van der Waals surface area contributed by atoms with Gasteiger partial charge in [-0.1, -0.05) is 31.6 Å². The van der Waals surface area contributed by atoms with Crippen LogP contribution >= 0.6 is 0 Å². The fourth-order valence-corrected chi connectivity index (χ4v) is 3.34. The molecule has 3 N–H and O–H groups in total. The van der Waals surface area contributed by atoms with Crippen molar-refractivity contribution in [1.29, 1.82) is 0 Å². The van der Waals surface area contributed by atoms with Crippen LogP contribution in [0.15, 0.2) is 47.2 Å². The molecule has 0 saturated carbocycles. The Morgan fingerprint density at radius 3 is 2.64 bits per heavy atom. The predicted octanol–water partition coefficient (Wildman–Crippen LogP) is 4.38. The van der Waals surface area contributed by atoms with Gasteiger partial charge in [0.15, 0.2) is 0 Å². The predicted molar refractivity (Wildman–Crippen MR) is 109 cm³/mol. The molecule has 1 aliphatic carbocycles. The summed E-state index contributed by atoms with van der Waals surface area (Å²) in [5.41, 5.74) is 15.5. The van der Waals surface area contributed by atoms with Crippen LogP contribution in [0.3, 0.4) is 0 Å². The summed E-state index contributed by atoms with van der Waals surface area (Å²) in [6, 6.07) is 6.61. The molecular formula is C21H30N4. The Morgan fingerprint density at radius 2 is 1.88 bits per heavy atom. The van der Waals surface area contributed by atoms with Gasteiger partial charge in [-0.25, -0.2) is 0 Å². The van der Waals surface area contributed by atoms with E-state index >= 15 is 0 Å². The number of hydrogen-bond donors (Lipinski definition) is 3. The SMILES string of the molecule is CCN(CC)CCNc1ccc2c(c1)NNC1=C2C=C(C)C(C)=CC1. The molecule has 1 aliphatic heterocycles. The molecule has 2 aliphatic rings. The van der Waals surface area contributed by atoms with Crippen molar-refractivity contribution in [2.45, 2.75) is 34.1 Å². The van der Waals surface area contributed by atoms with E-state index in [0.29, 0.717) is 0 Å². The second kappa shape index (κ2) is 7.79. The van der Waals surface area contributed by atoms with Gasteiger partial charge in [0.1, 0.15) is 0 Å². The van der Waals surface area contributed by atoms with Crippen LogP contribution in [-0.4, -0.2) is 31.1 Å². The highest BCUT2D eigenvalue weighted by Crippen LogP contribution is 2.36. The van der Waals surface area contributed by atoms with E-state index in [2.05, 4.69) is 79.1 Å². The maximum atomic E-state index is 3.54. The number of benzene rings is 1. The van der Waals surface area contributed by atoms with Gasteiger partial charge in [0.2, 0.25) is 0 Å². The first-order chi connectivity index (χ1) is 12.1. The molecule has 4 nitrogen and oxygen atoms in total. The quantitative estimate of drug-likeness (QED) is 0.720. The normalized spacial score (nSPS) is 16.2. The van der Waals surface area contributed by atoms with Crippen molar-refractivity contribution >= 4 is 16.9 Å². The van der Waals surface area contributed by atoms with Crippen LogP contribution in [0.25, 0.3) is 5.57 Å². The molecule has 1 aromatic carbocycles. The molecule has 1 aromatic rings. The minimum atomic E-state index is 0.936. The van der Waals surface area contributed by atoms with Crippen LogP contribution < -0.4 is 16.2 Å². The van der Waals surface area contributed by atoms with E-state index in [1.165, 1.54) is 28.0 Å². The molecule has 0 amide bonds. The number of nitrogens with one attached hydrogen (secondary N) is 3. The summed E-state index contributed by atoms with van der Waals surface area (Å²) in [7, 11) is 0. The van der Waals surface area contributed by atoms with Gasteiger partial charge >= 0.3 is 0 Å². The van der Waals surface area contributed by atoms with E-state index in [1.54, 1.807) is 0 Å². The van der Waals surface area contributed by atoms with Crippen molar-refractivity contribution in [2.75, 3.05) is 36.9 Å². The van der Waals surface area contributed by atoms with Crippen molar-refractivity contribution in [3.8, 4) is 0 Å². The molecular weight excluding hydrogens is 308 g/mol. The van der Waals surface area contributed by atoms with Crippen LogP contribution in [0.4, 0.5) is 11.4 Å². The van der Waals surface area contributed by atoms with Gasteiger partial charge in [-0.3, -0.25) is 0 Å². The monoisotopic (exact) mass is 338 g/mol. The van der Waals surface area contributed by atoms with Gasteiger partial charge in [0.05, 0.1) is 5.69 Å². The molecule has 134 valence electrons. The minimum absolute atomic E-state index is 0.936. The Morgan fingerprint density at radius 1 is 1.08 bits per heavy atom. The molecule has 25 heavy (non-hydrogen) atoms. The van der Waals surface area contributed by atoms with E-state index in [-0.39, 0.29) is 0 Å². The van der Waals surface area contributed by atoms with E-state index in [4.69, 9.17) is 0 Å². The first kappa shape index (κ1) is 17.6. The number of fused-ring (bicyclic) bond motifs is 2. The Labute approximate surface area is 151 Å². The van der Waals surface area contributed by atoms with Gasteiger partial charge in [0, 0.05) is 42.0 Å². The van der Waals surface area contributed by atoms with Crippen molar-refractivity contribution in [1.82, 2.24) is 10.3 Å². The Hall–Kier alpha value is -2.20. The van der Waals surface area contributed by atoms with Gasteiger partial charge in [0.25, 0.3) is 0 Å². The molecule has 0 unspecified atom stereocenters. The van der Waals surface area contributed by atoms with Crippen molar-refractivity contribution in [3.63, 3.8) is 0 Å². The van der Waals surface area contributed by atoms with Crippen molar-refractivity contribution in [3.05, 3.63) is 52.8 Å². The molecule has 3 rings (SSSR count). The Bertz CT molecular complexity index is 723. The highest BCUT2D eigenvalue weighted by molar-refractivity contribution is 5.88. The topological polar surface area (TPSA) is 39.3 Å². The number of hydrazine groups is 1. The van der Waals surface area contributed by atoms with Crippen LogP contribution in [0.2, 0.25) is 0 Å². The fraction of sp³-hybridized carbons (Fsp3) is 0.429. The molecule has 4 heteroatoms. The van der Waals surface area contributed by atoms with Crippen LogP contribution in [0.1, 0.15) is 39.7 Å². The maximum Gasteiger partial charge on any atom is 0.0639 e. The third kappa shape index (κ3) is 3.90. The molecule has 0 radical (unpaired) electrons. The zero-order valence-corrected chi connectivity index (χ0v) is 15.9. The molecule has 0 fully saturated rings. The van der Waals surface area contributed by atoms with E-state index in [0.717, 1.165) is 44.0 Å². The van der Waals surface area contributed by atoms with Crippen LogP contribution in [-0.2, 0) is 0 Å². The summed E-state index contributed by atoms with van der Waals surface area (Å²) < 4.78 is 0. The van der Waals surface area contributed by atoms with Gasteiger partial charge in [-0.15, -0.1) is 0 Å². The third-order valence-electron chi connectivity index (χ3n) is 5.23. The molecule has 0 atom stereocenters. The zero-order chi connectivity index (χ0) is 17.8. The summed E-state index contributed by atoms with van der Waals surface area (Å²) >= 11 is 0. The number of anilines is 2. The Balaban J connectivity index is 1.76. The van der Waals surface area contributed by atoms with Gasteiger partial charge in [-0.2, -0.15) is 0 Å². The number of nitrogens with zero attached hydrogens (tertiary/aromatic N) is 1. The standard InChI is InChI=1S/C21H30N4/c1-5-25(6-2)12-11-22-17-8-9-18-19-13-16(4)15(3)7-10-20(19)23-24-21(18)14-17/h7-9,13-14,22-24H,5-6,10-12H2,1-4H3. The molecule has 0 bridgehead atoms. The third-order valence-corrected chi connectivity index (χ3v) is 5.23. The lowest BCUT2D eigenvalue weighted by Crippen LogP contribution is -2.29. The number of hydrogen-bond acceptors (Lipinski definition) is 4. The molecule has 0 aromatic heterocycles. The van der Waals surface area contributed by atoms with Crippen LogP contribution in [0.5, 0.6) is 0 Å². The smallest absolute Gasteiger partial charge is 0.0639 e. The highest BCUT2D eigenvalue weighted by atomic mass is 15.4. The van der Waals surface area contributed by atoms with Crippen LogP contribution in [0, 0.1) is 0 Å². The van der Waals surface area contributed by atoms with Gasteiger partial charge < -0.3 is 21.1 Å². The van der Waals surface area contributed by atoms with E-state index in [9.17, 15) is 0 Å². The van der Waals surface area contributed by atoms with Crippen molar-refractivity contribution in [2.24, 2.45) is 0 Å². The summed E-state index contributed by atoms with van der Waals surface area (Å²) in [5.74, 6) is 0. The minimum Gasteiger partial charge on any atom is -0.384 e. The fourth-order valence-electron chi connectivity index (χ4n) is 3.34. The first-order valence-electron chi connectivity index (χ1n) is 9.33. The Kier molecular flexibility index (Phi) is 5.49. The lowest BCUT2D eigenvalue weighted by atomic mass is 9.97. The molecule has 0 saturated heterocycles. The number of likely N-dealkylation sites (N-methyl/N-ethyl adjacent to an activating group) is 1. The largest absolute Gasteiger partial charge is 0.384 e. The highest BCUT2D eigenvalue weighted by Gasteiger charge is 2.19. The molecule has 0 spiro atoms. The summed E-state index contributed by atoms with van der Waals surface area (Å²) in [6.45, 7) is 13.0. The van der Waals surface area contributed by atoms with E-state index in [1.807, 2.05) is 0 Å². The first-order valence-corrected chi connectivity index (χ1v) is 9.33. The lowest BCUT2D eigenvalue weighted by molar-refractivity contribution is 0.316. The average Bonchev–Trinajstić information content (AvgIpc) is 2.77. The summed E-state index contributed by atoms with van der Waals surface area (Å²) in [5, 5.41) is 3.54. The second-order valence-corrected chi connectivity index (χ2v) is 6.77. The number of allylic oxidation sites excluding steroid dienone is 5. The number of rotatable bonds is 6. The van der Waals surface area contributed by atoms with E-state index < -0.39 is 0 Å². The summed E-state index contributed by atoms with van der Waals surface area (Å²) in [6.07, 6.45) is 5.52. The average molecular weight is 338 g/mol. The molecule has 1 heterocycles.